The van der Waals surface area contributed by atoms with Crippen molar-refractivity contribution >= 4 is 33.3 Å². The molecular formula is C17H12BrN5O. The van der Waals surface area contributed by atoms with Crippen LogP contribution in [0, 0.1) is 0 Å². The van der Waals surface area contributed by atoms with Crippen LogP contribution >= 0.6 is 15.9 Å². The van der Waals surface area contributed by atoms with Crippen molar-refractivity contribution in [2.75, 3.05) is 5.32 Å². The Bertz CT molecular complexity index is 1010. The summed E-state index contributed by atoms with van der Waals surface area (Å²) in [5.41, 5.74) is 2.29. The topological polar surface area (TPSA) is 64.2 Å². The predicted molar refractivity (Wildman–Crippen MR) is 94.4 cm³/mol. The first-order valence-corrected chi connectivity index (χ1v) is 8.02. The summed E-state index contributed by atoms with van der Waals surface area (Å²) in [6.45, 7) is 0. The zero-order valence-corrected chi connectivity index (χ0v) is 14.0. The van der Waals surface area contributed by atoms with Crippen molar-refractivity contribution in [3.05, 3.63) is 77.5 Å². The van der Waals surface area contributed by atoms with Crippen LogP contribution in [0.15, 0.2) is 72.0 Å². The van der Waals surface area contributed by atoms with Crippen LogP contribution in [-0.2, 0) is 0 Å². The molecule has 0 bridgehead atoms. The number of rotatable bonds is 3. The molecule has 0 spiro atoms. The lowest BCUT2D eigenvalue weighted by atomic mass is 10.2. The number of fused-ring (bicyclic) bond motifs is 1. The molecular weight excluding hydrogens is 370 g/mol. The van der Waals surface area contributed by atoms with Crippen LogP contribution in [0.3, 0.4) is 0 Å². The van der Waals surface area contributed by atoms with Crippen molar-refractivity contribution in [2.45, 2.75) is 0 Å². The minimum Gasteiger partial charge on any atom is -0.305 e. The lowest BCUT2D eigenvalue weighted by molar-refractivity contribution is 0.102. The van der Waals surface area contributed by atoms with Gasteiger partial charge in [-0.3, -0.25) is 4.79 Å². The number of amides is 1. The van der Waals surface area contributed by atoms with Gasteiger partial charge in [-0.05, 0) is 36.4 Å². The van der Waals surface area contributed by atoms with Crippen molar-refractivity contribution in [3.8, 4) is 5.69 Å². The summed E-state index contributed by atoms with van der Waals surface area (Å²) in [4.78, 5) is 20.7. The molecule has 3 heterocycles. The molecule has 1 amide bonds. The summed E-state index contributed by atoms with van der Waals surface area (Å²) in [5.74, 6) is 0.312. The second-order valence-corrected chi connectivity index (χ2v) is 6.13. The van der Waals surface area contributed by atoms with Gasteiger partial charge in [-0.25, -0.2) is 9.97 Å². The first kappa shape index (κ1) is 14.6. The van der Waals surface area contributed by atoms with E-state index in [0.29, 0.717) is 11.4 Å². The van der Waals surface area contributed by atoms with Gasteiger partial charge in [0.1, 0.15) is 5.65 Å². The Morgan fingerprint density at radius 1 is 1.08 bits per heavy atom. The predicted octanol–water partition coefficient (Wildman–Crippen LogP) is 3.53. The molecule has 0 unspecified atom stereocenters. The monoisotopic (exact) mass is 381 g/mol. The summed E-state index contributed by atoms with van der Waals surface area (Å²) in [7, 11) is 0. The number of carbonyl (C=O) groups is 1. The van der Waals surface area contributed by atoms with Crippen molar-refractivity contribution in [2.24, 2.45) is 0 Å². The number of carbonyl (C=O) groups excluding carboxylic acids is 1. The second kappa shape index (κ2) is 5.93. The minimum atomic E-state index is -0.194. The van der Waals surface area contributed by atoms with Gasteiger partial charge in [0, 0.05) is 28.6 Å². The number of pyridine rings is 1. The van der Waals surface area contributed by atoms with E-state index >= 15 is 0 Å². The van der Waals surface area contributed by atoms with E-state index in [1.54, 1.807) is 30.9 Å². The highest BCUT2D eigenvalue weighted by Crippen LogP contribution is 2.16. The maximum absolute atomic E-state index is 12.3. The average molecular weight is 382 g/mol. The first-order chi connectivity index (χ1) is 11.7. The van der Waals surface area contributed by atoms with Crippen LogP contribution in [0.25, 0.3) is 11.3 Å². The molecule has 0 aliphatic rings. The Labute approximate surface area is 145 Å². The highest BCUT2D eigenvalue weighted by molar-refractivity contribution is 9.10. The number of imidazole rings is 2. The number of aromatic nitrogens is 4. The normalized spacial score (nSPS) is 10.9. The summed E-state index contributed by atoms with van der Waals surface area (Å²) in [6, 6.07) is 11.0. The van der Waals surface area contributed by atoms with E-state index in [-0.39, 0.29) is 5.91 Å². The molecule has 0 saturated carbocycles. The molecule has 118 valence electrons. The van der Waals surface area contributed by atoms with Gasteiger partial charge in [0.05, 0.1) is 18.2 Å². The second-order valence-electron chi connectivity index (χ2n) is 5.21. The van der Waals surface area contributed by atoms with E-state index in [1.165, 1.54) is 0 Å². The lowest BCUT2D eigenvalue weighted by Gasteiger charge is -2.02. The third-order valence-corrected chi connectivity index (χ3v) is 4.11. The summed E-state index contributed by atoms with van der Waals surface area (Å²) in [5, 5.41) is 2.82. The molecule has 6 nitrogen and oxygen atoms in total. The molecule has 7 heteroatoms. The fraction of sp³-hybridized carbons (Fsp3) is 0. The van der Waals surface area contributed by atoms with E-state index in [2.05, 4.69) is 31.2 Å². The molecule has 1 aromatic carbocycles. The van der Waals surface area contributed by atoms with Crippen LogP contribution in [0.1, 0.15) is 10.4 Å². The molecule has 0 atom stereocenters. The molecule has 3 aromatic heterocycles. The van der Waals surface area contributed by atoms with Gasteiger partial charge in [0.15, 0.2) is 5.82 Å². The summed E-state index contributed by atoms with van der Waals surface area (Å²) < 4.78 is 4.70. The molecule has 0 saturated heterocycles. The Kier molecular flexibility index (Phi) is 3.62. The third-order valence-electron chi connectivity index (χ3n) is 3.59. The van der Waals surface area contributed by atoms with Crippen LogP contribution in [-0.4, -0.2) is 24.8 Å². The fourth-order valence-electron chi connectivity index (χ4n) is 2.39. The largest absolute Gasteiger partial charge is 0.305 e. The zero-order chi connectivity index (χ0) is 16.5. The lowest BCUT2D eigenvalue weighted by Crippen LogP contribution is -2.11. The highest BCUT2D eigenvalue weighted by Gasteiger charge is 2.09. The maximum atomic E-state index is 12.3. The van der Waals surface area contributed by atoms with Crippen molar-refractivity contribution in [1.29, 1.82) is 0 Å². The molecule has 1 N–H and O–H groups in total. The van der Waals surface area contributed by atoms with Gasteiger partial charge in [-0.15, -0.1) is 0 Å². The highest BCUT2D eigenvalue weighted by atomic mass is 79.9. The van der Waals surface area contributed by atoms with Gasteiger partial charge in [0.2, 0.25) is 0 Å². The van der Waals surface area contributed by atoms with Crippen molar-refractivity contribution in [3.63, 3.8) is 0 Å². The number of benzene rings is 1. The zero-order valence-electron chi connectivity index (χ0n) is 12.4. The standard InChI is InChI=1S/C17H12BrN5O/c18-13-3-1-12(2-4-13)17(24)21-15-10-23-9-14(5-6-16(23)20-15)22-8-7-19-11-22/h1-11H,(H,21,24). The number of anilines is 1. The van der Waals surface area contributed by atoms with Crippen LogP contribution in [0.2, 0.25) is 0 Å². The number of hydrogen-bond acceptors (Lipinski definition) is 3. The molecule has 0 aliphatic carbocycles. The van der Waals surface area contributed by atoms with Gasteiger partial charge in [-0.2, -0.15) is 0 Å². The molecule has 4 rings (SSSR count). The number of nitrogens with zero attached hydrogens (tertiary/aromatic N) is 4. The Morgan fingerprint density at radius 2 is 1.92 bits per heavy atom. The van der Waals surface area contributed by atoms with Gasteiger partial charge in [0.25, 0.3) is 5.91 Å². The van der Waals surface area contributed by atoms with Gasteiger partial charge < -0.3 is 14.3 Å². The third kappa shape index (κ3) is 2.81. The SMILES string of the molecule is O=C(Nc1cn2cc(-n3ccnc3)ccc2n1)c1ccc(Br)cc1. The first-order valence-electron chi connectivity index (χ1n) is 7.23. The summed E-state index contributed by atoms with van der Waals surface area (Å²) >= 11 is 3.35. The maximum Gasteiger partial charge on any atom is 0.256 e. The van der Waals surface area contributed by atoms with Crippen molar-refractivity contribution in [1.82, 2.24) is 18.9 Å². The molecule has 0 radical (unpaired) electrons. The Morgan fingerprint density at radius 3 is 2.67 bits per heavy atom. The quantitative estimate of drug-likeness (QED) is 0.590. The number of hydrogen-bond donors (Lipinski definition) is 1. The molecule has 4 aromatic rings. The van der Waals surface area contributed by atoms with E-state index in [1.807, 2.05) is 45.6 Å². The Hall–Kier alpha value is -2.93. The Balaban J connectivity index is 1.61. The summed E-state index contributed by atoms with van der Waals surface area (Å²) in [6.07, 6.45) is 9.04. The van der Waals surface area contributed by atoms with E-state index < -0.39 is 0 Å². The minimum absolute atomic E-state index is 0.194. The average Bonchev–Trinajstić information content (AvgIpc) is 3.23. The van der Waals surface area contributed by atoms with Crippen molar-refractivity contribution < 1.29 is 4.79 Å². The van der Waals surface area contributed by atoms with Gasteiger partial charge >= 0.3 is 0 Å². The number of nitrogens with one attached hydrogen (secondary N) is 1. The molecule has 0 fully saturated rings. The molecule has 24 heavy (non-hydrogen) atoms. The van der Waals surface area contributed by atoms with E-state index in [9.17, 15) is 4.79 Å². The molecule has 0 aliphatic heterocycles. The van der Waals surface area contributed by atoms with E-state index in [0.717, 1.165) is 15.8 Å². The van der Waals surface area contributed by atoms with Crippen LogP contribution in [0.4, 0.5) is 5.82 Å². The van der Waals surface area contributed by atoms with E-state index in [4.69, 9.17) is 0 Å². The van der Waals surface area contributed by atoms with Gasteiger partial charge in [-0.1, -0.05) is 15.9 Å². The smallest absolute Gasteiger partial charge is 0.256 e. The number of halogens is 1. The van der Waals surface area contributed by atoms with Crippen LogP contribution in [0.5, 0.6) is 0 Å². The van der Waals surface area contributed by atoms with Crippen LogP contribution < -0.4 is 5.32 Å². The fourth-order valence-corrected chi connectivity index (χ4v) is 2.66.